The van der Waals surface area contributed by atoms with Crippen LogP contribution in [0.3, 0.4) is 0 Å². The number of aliphatic hydroxyl groups is 1. The first kappa shape index (κ1) is 37.0. The number of ether oxygens (including phenoxy) is 1. The topological polar surface area (TPSA) is 120 Å². The van der Waals surface area contributed by atoms with E-state index in [0.29, 0.717) is 36.3 Å². The Morgan fingerprint density at radius 3 is 2.17 bits per heavy atom. The maximum atomic E-state index is 14.0. The molecule has 0 saturated heterocycles. The first-order chi connectivity index (χ1) is 22.4. The average molecular weight is 661 g/mol. The molecule has 0 aliphatic carbocycles. The van der Waals surface area contributed by atoms with E-state index in [2.05, 4.69) is 16.0 Å². The third kappa shape index (κ3) is 11.7. The monoisotopic (exact) mass is 660 g/mol. The lowest BCUT2D eigenvalue weighted by Crippen LogP contribution is -2.49. The highest BCUT2D eigenvalue weighted by Crippen LogP contribution is 2.17. The second kappa shape index (κ2) is 18.0. The predicted molar refractivity (Wildman–Crippen MR) is 169 cm³/mol. The minimum absolute atomic E-state index is 0.0427. The Bertz CT molecular complexity index is 1510. The number of hydrogen-bond acceptors (Lipinski definition) is 6. The molecule has 0 unspecified atom stereocenters. The van der Waals surface area contributed by atoms with E-state index in [1.165, 1.54) is 6.07 Å². The van der Waals surface area contributed by atoms with Crippen molar-refractivity contribution in [2.75, 3.05) is 38.1 Å². The van der Waals surface area contributed by atoms with Gasteiger partial charge in [-0.2, -0.15) is 0 Å². The van der Waals surface area contributed by atoms with Crippen LogP contribution in [0, 0.1) is 30.2 Å². The van der Waals surface area contributed by atoms with Gasteiger partial charge in [0, 0.05) is 49.4 Å². The first-order valence-electron chi connectivity index (χ1n) is 15.3. The van der Waals surface area contributed by atoms with Crippen LogP contribution >= 0.6 is 0 Å². The van der Waals surface area contributed by atoms with Gasteiger partial charge in [0.05, 0.1) is 17.8 Å². The number of carbonyl (C=O) groups excluding carboxylic acids is 3. The van der Waals surface area contributed by atoms with Crippen molar-refractivity contribution < 1.29 is 41.8 Å². The summed E-state index contributed by atoms with van der Waals surface area (Å²) in [6.07, 6.45) is -0.852. The Hall–Kier alpha value is -4.49. The van der Waals surface area contributed by atoms with Crippen LogP contribution in [0.25, 0.3) is 0 Å². The van der Waals surface area contributed by atoms with Gasteiger partial charge in [0.25, 0.3) is 11.8 Å². The SMILES string of the molecule is CCCN(CCC)C(=O)c1cc(C)cc(C(=O)N[C@@H](Cc2cc(F)cc(F)c2)[C@H](O)CNCCOC(=O)Nc2ccc(F)cc2F)c1. The molecule has 254 valence electrons. The van der Waals surface area contributed by atoms with Crippen LogP contribution in [-0.4, -0.2) is 72.8 Å². The summed E-state index contributed by atoms with van der Waals surface area (Å²) in [6.45, 7) is 6.55. The quantitative estimate of drug-likeness (QED) is 0.122. The molecule has 13 heteroatoms. The fraction of sp³-hybridized carbons (Fsp3) is 0.382. The number of benzene rings is 3. The molecule has 0 aromatic heterocycles. The summed E-state index contributed by atoms with van der Waals surface area (Å²) in [6, 6.07) is 9.27. The van der Waals surface area contributed by atoms with E-state index >= 15 is 0 Å². The Balaban J connectivity index is 1.67. The highest BCUT2D eigenvalue weighted by molar-refractivity contribution is 6.00. The first-order valence-corrected chi connectivity index (χ1v) is 15.3. The summed E-state index contributed by atoms with van der Waals surface area (Å²) < 4.78 is 59.7. The molecule has 9 nitrogen and oxygen atoms in total. The van der Waals surface area contributed by atoms with Crippen LogP contribution in [0.2, 0.25) is 0 Å². The summed E-state index contributed by atoms with van der Waals surface area (Å²) in [5.74, 6) is -4.23. The van der Waals surface area contributed by atoms with Crippen molar-refractivity contribution >= 4 is 23.6 Å². The van der Waals surface area contributed by atoms with Gasteiger partial charge >= 0.3 is 6.09 Å². The van der Waals surface area contributed by atoms with E-state index < -0.39 is 47.4 Å². The van der Waals surface area contributed by atoms with Gasteiger partial charge in [-0.3, -0.25) is 14.9 Å². The number of rotatable bonds is 16. The van der Waals surface area contributed by atoms with Gasteiger partial charge in [-0.25, -0.2) is 22.4 Å². The number of nitrogens with one attached hydrogen (secondary N) is 3. The van der Waals surface area contributed by atoms with Gasteiger partial charge < -0.3 is 25.4 Å². The lowest BCUT2D eigenvalue weighted by atomic mass is 9.99. The zero-order chi connectivity index (χ0) is 34.5. The van der Waals surface area contributed by atoms with Crippen LogP contribution < -0.4 is 16.0 Å². The molecule has 47 heavy (non-hydrogen) atoms. The Kier molecular flexibility index (Phi) is 14.2. The van der Waals surface area contributed by atoms with Gasteiger partial charge in [-0.1, -0.05) is 13.8 Å². The molecule has 0 fully saturated rings. The molecule has 0 bridgehead atoms. The molecular weight excluding hydrogens is 620 g/mol. The van der Waals surface area contributed by atoms with Gasteiger partial charge in [0.2, 0.25) is 0 Å². The van der Waals surface area contributed by atoms with Crippen molar-refractivity contribution in [3.05, 3.63) is 100 Å². The number of halogens is 4. The molecule has 3 aromatic carbocycles. The molecule has 0 radical (unpaired) electrons. The highest BCUT2D eigenvalue weighted by atomic mass is 19.1. The van der Waals surface area contributed by atoms with Crippen molar-refractivity contribution in [2.45, 2.75) is 52.2 Å². The second-order valence-electron chi connectivity index (χ2n) is 11.1. The van der Waals surface area contributed by atoms with E-state index in [4.69, 9.17) is 4.74 Å². The molecule has 3 rings (SSSR count). The fourth-order valence-corrected chi connectivity index (χ4v) is 4.94. The number of aryl methyl sites for hydroxylation is 1. The van der Waals surface area contributed by atoms with Gasteiger partial charge in [-0.05, 0) is 79.8 Å². The summed E-state index contributed by atoms with van der Waals surface area (Å²) >= 11 is 0. The van der Waals surface area contributed by atoms with Crippen molar-refractivity contribution in [3.63, 3.8) is 0 Å². The molecule has 0 heterocycles. The van der Waals surface area contributed by atoms with Gasteiger partial charge in [-0.15, -0.1) is 0 Å². The largest absolute Gasteiger partial charge is 0.448 e. The minimum atomic E-state index is -1.28. The number of hydrogen-bond donors (Lipinski definition) is 4. The van der Waals surface area contributed by atoms with E-state index in [0.717, 1.165) is 37.1 Å². The third-order valence-corrected chi connectivity index (χ3v) is 7.05. The molecule has 2 atom stereocenters. The van der Waals surface area contributed by atoms with Gasteiger partial charge in [0.15, 0.2) is 0 Å². The molecule has 4 N–H and O–H groups in total. The number of nitrogens with zero attached hydrogens (tertiary/aromatic N) is 1. The fourth-order valence-electron chi connectivity index (χ4n) is 4.94. The normalized spacial score (nSPS) is 12.3. The van der Waals surface area contributed by atoms with Crippen LogP contribution in [0.15, 0.2) is 54.6 Å². The smallest absolute Gasteiger partial charge is 0.411 e. The lowest BCUT2D eigenvalue weighted by molar-refractivity contribution is 0.0755. The zero-order valence-electron chi connectivity index (χ0n) is 26.5. The molecule has 0 aliphatic rings. The maximum absolute atomic E-state index is 14.0. The molecule has 3 amide bonds. The molecular formula is C34H40F4N4O5. The van der Waals surface area contributed by atoms with E-state index in [1.54, 1.807) is 24.0 Å². The summed E-state index contributed by atoms with van der Waals surface area (Å²) in [5, 5.41) is 18.8. The average Bonchev–Trinajstić information content (AvgIpc) is 3.00. The van der Waals surface area contributed by atoms with Crippen LogP contribution in [-0.2, 0) is 11.2 Å². The zero-order valence-corrected chi connectivity index (χ0v) is 26.5. The van der Waals surface area contributed by atoms with Crippen LogP contribution in [0.5, 0.6) is 0 Å². The summed E-state index contributed by atoms with van der Waals surface area (Å²) in [7, 11) is 0. The van der Waals surface area contributed by atoms with Crippen molar-refractivity contribution in [2.24, 2.45) is 0 Å². The van der Waals surface area contributed by atoms with Gasteiger partial charge in [0.1, 0.15) is 29.9 Å². The maximum Gasteiger partial charge on any atom is 0.411 e. The Labute approximate surface area is 271 Å². The number of amides is 3. The van der Waals surface area contributed by atoms with E-state index in [9.17, 15) is 37.1 Å². The standard InChI is InChI=1S/C34H40F4N4O5/c1-4-9-42(10-5-2)33(45)24-13-21(3)12-23(17-24)32(44)40-30(16-22-14-26(36)18-27(37)15-22)31(43)20-39-8-11-47-34(46)41-29-7-6-25(35)19-28(29)38/h6-7,12-15,17-19,30-31,39,43H,4-5,8-11,16,20H2,1-3H3,(H,40,44)(H,41,46)/t30-,31+/m0/s1. The second-order valence-corrected chi connectivity index (χ2v) is 11.1. The third-order valence-electron chi connectivity index (χ3n) is 7.05. The van der Waals surface area contributed by atoms with Crippen molar-refractivity contribution in [3.8, 4) is 0 Å². The minimum Gasteiger partial charge on any atom is -0.448 e. The number of anilines is 1. The van der Waals surface area contributed by atoms with E-state index in [-0.39, 0.29) is 48.8 Å². The summed E-state index contributed by atoms with van der Waals surface area (Å²) in [5.41, 5.74) is 1.11. The molecule has 3 aromatic rings. The van der Waals surface area contributed by atoms with Crippen molar-refractivity contribution in [1.82, 2.24) is 15.5 Å². The van der Waals surface area contributed by atoms with E-state index in [1.807, 2.05) is 13.8 Å². The van der Waals surface area contributed by atoms with Crippen LogP contribution in [0.1, 0.15) is 58.5 Å². The molecule has 0 spiro atoms. The number of carbonyl (C=O) groups is 3. The Morgan fingerprint density at radius 2 is 1.53 bits per heavy atom. The molecule has 0 saturated carbocycles. The Morgan fingerprint density at radius 1 is 0.872 bits per heavy atom. The number of aliphatic hydroxyl groups excluding tert-OH is 1. The summed E-state index contributed by atoms with van der Waals surface area (Å²) in [4.78, 5) is 40.4. The van der Waals surface area contributed by atoms with Crippen LogP contribution in [0.4, 0.5) is 28.0 Å². The predicted octanol–water partition coefficient (Wildman–Crippen LogP) is 5.35. The molecule has 0 aliphatic heterocycles. The highest BCUT2D eigenvalue weighted by Gasteiger charge is 2.24. The van der Waals surface area contributed by atoms with Crippen molar-refractivity contribution in [1.29, 1.82) is 0 Å². The lowest BCUT2D eigenvalue weighted by Gasteiger charge is -2.25.